The van der Waals surface area contributed by atoms with Gasteiger partial charge in [-0.3, -0.25) is 38.8 Å². The van der Waals surface area contributed by atoms with Gasteiger partial charge in [-0.1, -0.05) is 12.1 Å². The Kier molecular flexibility index (Phi) is 15.2. The third kappa shape index (κ3) is 14.5. The van der Waals surface area contributed by atoms with E-state index in [-0.39, 0.29) is 19.1 Å². The number of aryl methyl sites for hydroxylation is 1. The summed E-state index contributed by atoms with van der Waals surface area (Å²) in [6.45, 7) is 3.36. The molecule has 0 aromatic heterocycles. The predicted octanol–water partition coefficient (Wildman–Crippen LogP) is -0.548. The third-order valence-corrected chi connectivity index (χ3v) is 7.42. The zero-order chi connectivity index (χ0) is 31.1. The van der Waals surface area contributed by atoms with Crippen LogP contribution in [-0.2, 0) is 25.6 Å². The Balaban J connectivity index is 2.22. The summed E-state index contributed by atoms with van der Waals surface area (Å²) in [5, 5.41) is 37.9. The van der Waals surface area contributed by atoms with Crippen molar-refractivity contribution in [3.05, 3.63) is 29.8 Å². The minimum absolute atomic E-state index is 0.123. The van der Waals surface area contributed by atoms with Crippen LogP contribution in [0.2, 0.25) is 0 Å². The molecule has 0 saturated carbocycles. The molecule has 1 atom stereocenters. The highest BCUT2D eigenvalue weighted by Gasteiger charge is 2.26. The highest BCUT2D eigenvalue weighted by Crippen LogP contribution is 2.15. The van der Waals surface area contributed by atoms with Crippen molar-refractivity contribution in [1.29, 1.82) is 0 Å². The molecule has 1 unspecified atom stereocenters. The van der Waals surface area contributed by atoms with Gasteiger partial charge in [0.1, 0.15) is 0 Å². The molecule has 0 spiro atoms. The highest BCUT2D eigenvalue weighted by atomic mass is 16.4. The number of nitrogens with zero attached hydrogens (tertiary/aromatic N) is 5. The van der Waals surface area contributed by atoms with Gasteiger partial charge in [0.05, 0.1) is 26.2 Å². The third-order valence-electron chi connectivity index (χ3n) is 7.42. The van der Waals surface area contributed by atoms with Crippen LogP contribution in [0.5, 0.6) is 0 Å². The number of benzene rings is 1. The minimum Gasteiger partial charge on any atom is -0.480 e. The number of hydrogen-bond donors (Lipinski definition) is 5. The predicted molar refractivity (Wildman–Crippen MR) is 157 cm³/mol. The smallest absolute Gasteiger partial charge is 0.317 e. The first-order valence-electron chi connectivity index (χ1n) is 14.2. The van der Waals surface area contributed by atoms with Crippen LogP contribution in [0.25, 0.3) is 0 Å². The molecular weight excluding hydrogens is 548 g/mol. The number of carboxylic acid groups (broad SMARTS) is 4. The Bertz CT molecular complexity index is 995. The number of rotatable bonds is 15. The van der Waals surface area contributed by atoms with E-state index in [1.807, 2.05) is 31.3 Å². The number of anilines is 1. The first kappa shape index (κ1) is 34.9. The molecule has 0 amide bonds. The number of aliphatic carboxylic acids is 4. The molecule has 0 aliphatic carbocycles. The maximum absolute atomic E-state index is 11.7. The fraction of sp³-hybridized carbons (Fsp3) is 0.643. The molecule has 1 aliphatic heterocycles. The van der Waals surface area contributed by atoms with Crippen LogP contribution in [0.1, 0.15) is 18.4 Å². The summed E-state index contributed by atoms with van der Waals surface area (Å²) in [5.41, 5.74) is 7.53. The van der Waals surface area contributed by atoms with E-state index < -0.39 is 37.0 Å². The second-order valence-corrected chi connectivity index (χ2v) is 10.9. The molecule has 14 heteroatoms. The van der Waals surface area contributed by atoms with Crippen LogP contribution in [-0.4, -0.2) is 167 Å². The summed E-state index contributed by atoms with van der Waals surface area (Å²) in [5.74, 6) is -4.12. The topological polar surface area (TPSA) is 191 Å². The van der Waals surface area contributed by atoms with Crippen molar-refractivity contribution in [3.8, 4) is 0 Å². The average molecular weight is 595 g/mol. The number of nitrogen functional groups attached to an aromatic ring is 1. The van der Waals surface area contributed by atoms with E-state index in [1.54, 1.807) is 9.80 Å². The zero-order valence-electron chi connectivity index (χ0n) is 24.4. The molecular formula is C28H46N6O8. The lowest BCUT2D eigenvalue weighted by molar-refractivity contribution is -0.143. The minimum atomic E-state index is -1.10. The second kappa shape index (κ2) is 18.3. The Labute approximate surface area is 246 Å². The maximum Gasteiger partial charge on any atom is 0.317 e. The van der Waals surface area contributed by atoms with E-state index in [4.69, 9.17) is 5.73 Å². The van der Waals surface area contributed by atoms with Gasteiger partial charge in [-0.15, -0.1) is 0 Å². The summed E-state index contributed by atoms with van der Waals surface area (Å²) in [7, 11) is 1.95. The number of hydrogen-bond acceptors (Lipinski definition) is 10. The summed E-state index contributed by atoms with van der Waals surface area (Å²) in [6, 6.07) is 7.17. The van der Waals surface area contributed by atoms with Gasteiger partial charge in [0.15, 0.2) is 0 Å². The summed E-state index contributed by atoms with van der Waals surface area (Å²) >= 11 is 0. The summed E-state index contributed by atoms with van der Waals surface area (Å²) in [4.78, 5) is 55.6. The molecule has 1 heterocycles. The first-order chi connectivity index (χ1) is 19.9. The van der Waals surface area contributed by atoms with E-state index in [2.05, 4.69) is 9.80 Å². The summed E-state index contributed by atoms with van der Waals surface area (Å²) in [6.07, 6.45) is 2.01. The molecule has 236 valence electrons. The van der Waals surface area contributed by atoms with Crippen molar-refractivity contribution in [2.45, 2.75) is 25.3 Å². The Morgan fingerprint density at radius 1 is 0.738 bits per heavy atom. The van der Waals surface area contributed by atoms with Crippen molar-refractivity contribution < 1.29 is 39.6 Å². The van der Waals surface area contributed by atoms with Gasteiger partial charge in [0.25, 0.3) is 0 Å². The van der Waals surface area contributed by atoms with Gasteiger partial charge in [-0.2, -0.15) is 0 Å². The summed E-state index contributed by atoms with van der Waals surface area (Å²) < 4.78 is 0. The molecule has 1 aliphatic rings. The van der Waals surface area contributed by atoms with Gasteiger partial charge in [0, 0.05) is 70.6 Å². The van der Waals surface area contributed by atoms with Crippen LogP contribution in [0.4, 0.5) is 5.69 Å². The van der Waals surface area contributed by atoms with Crippen molar-refractivity contribution in [2.24, 2.45) is 0 Å². The second-order valence-electron chi connectivity index (χ2n) is 10.9. The van der Waals surface area contributed by atoms with E-state index in [0.29, 0.717) is 77.4 Å². The average Bonchev–Trinajstić information content (AvgIpc) is 2.89. The number of carboxylic acids is 4. The monoisotopic (exact) mass is 594 g/mol. The highest BCUT2D eigenvalue weighted by molar-refractivity contribution is 5.72. The van der Waals surface area contributed by atoms with Crippen molar-refractivity contribution >= 4 is 29.6 Å². The SMILES string of the molecule is CN1CCN(CC(=O)O)CCN(CC(=O)O)CCN(CC(CCCc2ccc(N)cc2)N(CC(=O)O)CC(=O)O)CC1. The first-order valence-corrected chi connectivity index (χ1v) is 14.2. The van der Waals surface area contributed by atoms with Crippen LogP contribution >= 0.6 is 0 Å². The van der Waals surface area contributed by atoms with E-state index >= 15 is 0 Å². The maximum atomic E-state index is 11.7. The normalized spacial score (nSPS) is 17.8. The lowest BCUT2D eigenvalue weighted by atomic mass is 10.0. The standard InChI is InChI=1S/C28H46N6O8/c1-30-9-11-31(13-14-33(19-26(37)38)16-15-32(12-10-30)18-25(35)36)17-24(34(20-27(39)40)21-28(41)42)4-2-3-22-5-7-23(29)8-6-22/h5-8,24H,2-4,9-21,29H2,1H3,(H,35,36)(H,37,38)(H,39,40)(H,41,42). The van der Waals surface area contributed by atoms with Crippen LogP contribution in [0, 0.1) is 0 Å². The van der Waals surface area contributed by atoms with E-state index in [1.165, 1.54) is 4.90 Å². The van der Waals surface area contributed by atoms with Crippen molar-refractivity contribution in [1.82, 2.24) is 24.5 Å². The lowest BCUT2D eigenvalue weighted by Gasteiger charge is -2.36. The van der Waals surface area contributed by atoms with Crippen molar-refractivity contribution in [3.63, 3.8) is 0 Å². The van der Waals surface area contributed by atoms with Crippen LogP contribution < -0.4 is 5.73 Å². The van der Waals surface area contributed by atoms with Crippen LogP contribution in [0.15, 0.2) is 24.3 Å². The van der Waals surface area contributed by atoms with Gasteiger partial charge in [-0.25, -0.2) is 0 Å². The lowest BCUT2D eigenvalue weighted by Crippen LogP contribution is -2.51. The fourth-order valence-electron chi connectivity index (χ4n) is 5.09. The molecule has 1 aromatic rings. The molecule has 0 bridgehead atoms. The molecule has 1 aromatic carbocycles. The molecule has 0 radical (unpaired) electrons. The Morgan fingerprint density at radius 3 is 1.67 bits per heavy atom. The number of nitrogens with two attached hydrogens (primary N) is 1. The zero-order valence-corrected chi connectivity index (χ0v) is 24.4. The van der Waals surface area contributed by atoms with E-state index in [0.717, 1.165) is 12.0 Å². The van der Waals surface area contributed by atoms with Gasteiger partial charge in [-0.05, 0) is 44.0 Å². The molecule has 14 nitrogen and oxygen atoms in total. The fourth-order valence-corrected chi connectivity index (χ4v) is 5.09. The number of likely N-dealkylation sites (N-methyl/N-ethyl adjacent to an activating group) is 1. The molecule has 42 heavy (non-hydrogen) atoms. The van der Waals surface area contributed by atoms with E-state index in [9.17, 15) is 39.6 Å². The van der Waals surface area contributed by atoms with Gasteiger partial charge < -0.3 is 31.1 Å². The molecule has 2 rings (SSSR count). The van der Waals surface area contributed by atoms with Crippen LogP contribution in [0.3, 0.4) is 0 Å². The molecule has 1 saturated heterocycles. The quantitative estimate of drug-likeness (QED) is 0.163. The number of carbonyl (C=O) groups is 4. The molecule has 1 fully saturated rings. The van der Waals surface area contributed by atoms with Crippen molar-refractivity contribution in [2.75, 3.05) is 97.9 Å². The van der Waals surface area contributed by atoms with Gasteiger partial charge >= 0.3 is 23.9 Å². The largest absolute Gasteiger partial charge is 0.480 e. The Hall–Kier alpha value is -3.30. The Morgan fingerprint density at radius 2 is 1.19 bits per heavy atom. The van der Waals surface area contributed by atoms with Gasteiger partial charge in [0.2, 0.25) is 0 Å². The molecule has 6 N–H and O–H groups in total.